The van der Waals surface area contributed by atoms with Gasteiger partial charge >= 0.3 is 0 Å². The Morgan fingerprint density at radius 3 is 2.94 bits per heavy atom. The van der Waals surface area contributed by atoms with Crippen LogP contribution in [0.5, 0.6) is 0 Å². The summed E-state index contributed by atoms with van der Waals surface area (Å²) in [5.41, 5.74) is 7.56. The monoisotopic (exact) mass is 259 g/mol. The van der Waals surface area contributed by atoms with Crippen LogP contribution >= 0.6 is 11.3 Å². The predicted molar refractivity (Wildman–Crippen MR) is 72.3 cm³/mol. The van der Waals surface area contributed by atoms with Crippen molar-refractivity contribution in [3.8, 4) is 6.07 Å². The van der Waals surface area contributed by atoms with E-state index in [9.17, 15) is 0 Å². The highest BCUT2D eigenvalue weighted by atomic mass is 32.1. The summed E-state index contributed by atoms with van der Waals surface area (Å²) in [4.78, 5) is 10.5. The molecule has 2 aromatic rings. The van der Waals surface area contributed by atoms with Gasteiger partial charge in [-0.05, 0) is 13.0 Å². The fraction of sp³-hybridized carbons (Fsp3) is 0.250. The van der Waals surface area contributed by atoms with Crippen molar-refractivity contribution in [2.75, 3.05) is 17.7 Å². The van der Waals surface area contributed by atoms with Crippen LogP contribution < -0.4 is 10.6 Å². The Hall–Kier alpha value is -2.13. The summed E-state index contributed by atoms with van der Waals surface area (Å²) in [6, 6.07) is 3.74. The molecule has 0 atom stereocenters. The lowest BCUT2D eigenvalue weighted by molar-refractivity contribution is 0.868. The molecule has 0 fully saturated rings. The van der Waals surface area contributed by atoms with Crippen molar-refractivity contribution in [2.24, 2.45) is 0 Å². The minimum atomic E-state index is 0.476. The molecule has 0 unspecified atom stereocenters. The fourth-order valence-electron chi connectivity index (χ4n) is 1.66. The van der Waals surface area contributed by atoms with Gasteiger partial charge in [0.1, 0.15) is 11.9 Å². The van der Waals surface area contributed by atoms with Crippen LogP contribution in [-0.4, -0.2) is 17.0 Å². The van der Waals surface area contributed by atoms with Gasteiger partial charge in [-0.2, -0.15) is 5.26 Å². The molecule has 0 aliphatic carbocycles. The number of rotatable bonds is 3. The maximum atomic E-state index is 9.08. The first-order chi connectivity index (χ1) is 8.60. The Labute approximate surface area is 110 Å². The summed E-state index contributed by atoms with van der Waals surface area (Å²) in [6.45, 7) is 2.59. The van der Waals surface area contributed by atoms with Crippen molar-refractivity contribution in [1.29, 1.82) is 5.26 Å². The van der Waals surface area contributed by atoms with Gasteiger partial charge in [0.15, 0.2) is 0 Å². The van der Waals surface area contributed by atoms with Crippen LogP contribution in [0.1, 0.15) is 16.3 Å². The Bertz CT molecular complexity index is 599. The van der Waals surface area contributed by atoms with E-state index in [1.54, 1.807) is 23.6 Å². The molecule has 0 radical (unpaired) electrons. The Morgan fingerprint density at radius 1 is 1.56 bits per heavy atom. The molecule has 0 saturated heterocycles. The average molecular weight is 259 g/mol. The third-order valence-electron chi connectivity index (χ3n) is 2.44. The number of hydrogen-bond acceptors (Lipinski definition) is 6. The van der Waals surface area contributed by atoms with E-state index in [0.29, 0.717) is 23.6 Å². The summed E-state index contributed by atoms with van der Waals surface area (Å²) in [6.07, 6.45) is 1.55. The van der Waals surface area contributed by atoms with Gasteiger partial charge in [-0.25, -0.2) is 9.97 Å². The highest BCUT2D eigenvalue weighted by Crippen LogP contribution is 2.20. The van der Waals surface area contributed by atoms with Crippen LogP contribution in [0.25, 0.3) is 0 Å². The molecule has 0 aromatic carbocycles. The van der Waals surface area contributed by atoms with Crippen LogP contribution in [0.4, 0.5) is 11.5 Å². The van der Waals surface area contributed by atoms with Crippen LogP contribution in [0.2, 0.25) is 0 Å². The second-order valence-corrected chi connectivity index (χ2v) is 5.03. The number of aryl methyl sites for hydroxylation is 1. The van der Waals surface area contributed by atoms with Gasteiger partial charge in [0.05, 0.1) is 34.7 Å². The summed E-state index contributed by atoms with van der Waals surface area (Å²) in [5, 5.41) is 12.1. The molecule has 0 bridgehead atoms. The van der Waals surface area contributed by atoms with Crippen LogP contribution in [0.15, 0.2) is 17.6 Å². The van der Waals surface area contributed by atoms with Crippen molar-refractivity contribution in [3.63, 3.8) is 0 Å². The van der Waals surface area contributed by atoms with Crippen molar-refractivity contribution in [2.45, 2.75) is 13.5 Å². The summed E-state index contributed by atoms with van der Waals surface area (Å²) < 4.78 is 0. The highest BCUT2D eigenvalue weighted by molar-refractivity contribution is 7.09. The minimum Gasteiger partial charge on any atom is -0.397 e. The van der Waals surface area contributed by atoms with Crippen molar-refractivity contribution in [3.05, 3.63) is 33.9 Å². The van der Waals surface area contributed by atoms with Crippen molar-refractivity contribution in [1.82, 2.24) is 9.97 Å². The van der Waals surface area contributed by atoms with Crippen LogP contribution in [0.3, 0.4) is 0 Å². The molecule has 6 heteroatoms. The zero-order chi connectivity index (χ0) is 13.1. The lowest BCUT2D eigenvalue weighted by atomic mass is 10.2. The van der Waals surface area contributed by atoms with Crippen LogP contribution in [-0.2, 0) is 6.54 Å². The van der Waals surface area contributed by atoms with E-state index in [2.05, 4.69) is 16.0 Å². The Morgan fingerprint density at radius 2 is 2.33 bits per heavy atom. The number of pyridine rings is 1. The largest absolute Gasteiger partial charge is 0.397 e. The summed E-state index contributed by atoms with van der Waals surface area (Å²) in [7, 11) is 1.88. The molecule has 0 spiro atoms. The number of anilines is 2. The number of nitrogens with zero attached hydrogens (tertiary/aromatic N) is 4. The molecule has 2 heterocycles. The maximum Gasteiger partial charge on any atom is 0.146 e. The van der Waals surface area contributed by atoms with Gasteiger partial charge in [0.25, 0.3) is 0 Å². The second kappa shape index (κ2) is 5.02. The smallest absolute Gasteiger partial charge is 0.146 e. The van der Waals surface area contributed by atoms with Gasteiger partial charge in [0, 0.05) is 12.4 Å². The first kappa shape index (κ1) is 12.3. The number of nitriles is 1. The lowest BCUT2D eigenvalue weighted by Gasteiger charge is -2.18. The number of thiazole rings is 1. The quantitative estimate of drug-likeness (QED) is 0.911. The standard InChI is InChI=1S/C12H13N5S/c1-8-16-11(7-18-8)6-17(2)12-9(4-13)3-10(14)5-15-12/h3,5,7H,6,14H2,1-2H3. The van der Waals surface area contributed by atoms with E-state index in [1.165, 1.54) is 0 Å². The fourth-order valence-corrected chi connectivity index (χ4v) is 2.26. The number of hydrogen-bond donors (Lipinski definition) is 1. The second-order valence-electron chi connectivity index (χ2n) is 3.97. The first-order valence-corrected chi connectivity index (χ1v) is 6.26. The molecule has 2 rings (SSSR count). The maximum absolute atomic E-state index is 9.08. The van der Waals surface area contributed by atoms with E-state index in [1.807, 2.05) is 24.3 Å². The van der Waals surface area contributed by atoms with Crippen molar-refractivity contribution < 1.29 is 0 Å². The molecule has 2 N–H and O–H groups in total. The van der Waals surface area contributed by atoms with Gasteiger partial charge in [-0.15, -0.1) is 11.3 Å². The summed E-state index contributed by atoms with van der Waals surface area (Å²) >= 11 is 1.61. The van der Waals surface area contributed by atoms with Gasteiger partial charge < -0.3 is 10.6 Å². The molecule has 2 aromatic heterocycles. The normalized spacial score (nSPS) is 10.1. The third-order valence-corrected chi connectivity index (χ3v) is 3.26. The molecule has 0 aliphatic heterocycles. The van der Waals surface area contributed by atoms with Gasteiger partial charge in [-0.1, -0.05) is 0 Å². The van der Waals surface area contributed by atoms with E-state index < -0.39 is 0 Å². The minimum absolute atomic E-state index is 0.476. The number of aromatic nitrogens is 2. The van der Waals surface area contributed by atoms with E-state index in [-0.39, 0.29) is 0 Å². The Balaban J connectivity index is 2.24. The molecule has 18 heavy (non-hydrogen) atoms. The third kappa shape index (κ3) is 2.57. The molecule has 0 saturated carbocycles. The Kier molecular flexibility index (Phi) is 3.44. The first-order valence-electron chi connectivity index (χ1n) is 5.38. The lowest BCUT2D eigenvalue weighted by Crippen LogP contribution is -2.19. The average Bonchev–Trinajstić information content (AvgIpc) is 2.74. The molecule has 0 aliphatic rings. The molecular weight excluding hydrogens is 246 g/mol. The van der Waals surface area contributed by atoms with Gasteiger partial charge in [0.2, 0.25) is 0 Å². The van der Waals surface area contributed by atoms with Gasteiger partial charge in [-0.3, -0.25) is 0 Å². The van der Waals surface area contributed by atoms with E-state index in [0.717, 1.165) is 10.7 Å². The number of nitrogens with two attached hydrogens (primary N) is 1. The van der Waals surface area contributed by atoms with Crippen LogP contribution in [0, 0.1) is 18.3 Å². The van der Waals surface area contributed by atoms with Crippen molar-refractivity contribution >= 4 is 22.8 Å². The predicted octanol–water partition coefficient (Wildman–Crippen LogP) is 1.94. The zero-order valence-electron chi connectivity index (χ0n) is 10.2. The summed E-state index contributed by atoms with van der Waals surface area (Å²) in [5.74, 6) is 0.623. The topological polar surface area (TPSA) is 78.8 Å². The molecule has 92 valence electrons. The SMILES string of the molecule is Cc1nc(CN(C)c2ncc(N)cc2C#N)cs1. The highest BCUT2D eigenvalue weighted by Gasteiger charge is 2.11. The molecule has 0 amide bonds. The molecular formula is C12H13N5S. The van der Waals surface area contributed by atoms with E-state index >= 15 is 0 Å². The molecule has 5 nitrogen and oxygen atoms in total. The zero-order valence-corrected chi connectivity index (χ0v) is 11.0. The number of nitrogen functional groups attached to an aromatic ring is 1. The van der Waals surface area contributed by atoms with E-state index in [4.69, 9.17) is 11.0 Å².